The minimum Gasteiger partial charge on any atom is -0.278 e. The highest BCUT2D eigenvalue weighted by molar-refractivity contribution is 7.25. The van der Waals surface area contributed by atoms with Crippen LogP contribution in [0.15, 0.2) is 104 Å². The average molecular weight is 480 g/mol. The Hall–Kier alpha value is -4.68. The van der Waals surface area contributed by atoms with E-state index in [1.165, 1.54) is 20.9 Å². The second-order valence-corrected chi connectivity index (χ2v) is 9.85. The highest BCUT2D eigenvalue weighted by atomic mass is 32.1. The van der Waals surface area contributed by atoms with Crippen molar-refractivity contribution in [3.8, 4) is 17.2 Å². The third-order valence-electron chi connectivity index (χ3n) is 6.79. The highest BCUT2D eigenvalue weighted by Gasteiger charge is 2.19. The van der Waals surface area contributed by atoms with E-state index >= 15 is 0 Å². The molecule has 0 unspecified atom stereocenters. The van der Waals surface area contributed by atoms with Gasteiger partial charge >= 0.3 is 0 Å². The summed E-state index contributed by atoms with van der Waals surface area (Å²) in [4.78, 5) is 20.0. The zero-order chi connectivity index (χ0) is 23.6. The summed E-state index contributed by atoms with van der Waals surface area (Å²) in [6.07, 6.45) is 3.52. The lowest BCUT2D eigenvalue weighted by Crippen LogP contribution is -2.03. The molecule has 8 rings (SSSR count). The zero-order valence-corrected chi connectivity index (χ0v) is 19.8. The molecular weight excluding hydrogens is 462 g/mol. The largest absolute Gasteiger partial charge is 0.278 e. The van der Waals surface area contributed by atoms with Crippen molar-refractivity contribution in [3.05, 3.63) is 104 Å². The van der Waals surface area contributed by atoms with Crippen LogP contribution in [-0.4, -0.2) is 24.5 Å². The second-order valence-electron chi connectivity index (χ2n) is 8.82. The quantitative estimate of drug-likeness (QED) is 0.257. The van der Waals surface area contributed by atoms with E-state index in [2.05, 4.69) is 75.2 Å². The Morgan fingerprint density at radius 1 is 0.639 bits per heavy atom. The van der Waals surface area contributed by atoms with Crippen molar-refractivity contribution < 1.29 is 0 Å². The monoisotopic (exact) mass is 479 g/mol. The molecule has 4 heterocycles. The Bertz CT molecular complexity index is 2110. The molecule has 4 aromatic carbocycles. The van der Waals surface area contributed by atoms with Gasteiger partial charge in [-0.1, -0.05) is 66.7 Å². The molecule has 5 nitrogen and oxygen atoms in total. The first-order valence-electron chi connectivity index (χ1n) is 11.7. The number of rotatable bonds is 2. The molecule has 0 amide bonds. The first-order chi connectivity index (χ1) is 17.8. The molecule has 0 fully saturated rings. The number of nitrogens with zero attached hydrogens (tertiary/aromatic N) is 5. The van der Waals surface area contributed by atoms with Gasteiger partial charge in [-0.05, 0) is 24.3 Å². The van der Waals surface area contributed by atoms with Crippen LogP contribution in [0.4, 0.5) is 0 Å². The number of hydrogen-bond acceptors (Lipinski definition) is 5. The summed E-state index contributed by atoms with van der Waals surface area (Å²) in [5, 5.41) is 5.64. The maximum atomic E-state index is 5.17. The summed E-state index contributed by atoms with van der Waals surface area (Å²) in [6.45, 7) is 0. The van der Waals surface area contributed by atoms with Crippen LogP contribution in [0.2, 0.25) is 0 Å². The van der Waals surface area contributed by atoms with E-state index in [-0.39, 0.29) is 0 Å². The Kier molecular flexibility index (Phi) is 4.03. The fourth-order valence-electron chi connectivity index (χ4n) is 5.18. The Balaban J connectivity index is 1.52. The molecule has 0 atom stereocenters. The fraction of sp³-hybridized carbons (Fsp3) is 0. The number of para-hydroxylation sites is 2. The van der Waals surface area contributed by atoms with E-state index in [1.54, 1.807) is 17.7 Å². The molecule has 0 aliphatic rings. The van der Waals surface area contributed by atoms with E-state index in [1.807, 2.05) is 36.5 Å². The summed E-state index contributed by atoms with van der Waals surface area (Å²) in [7, 11) is 0. The lowest BCUT2D eigenvalue weighted by Gasteiger charge is -2.11. The summed E-state index contributed by atoms with van der Waals surface area (Å²) in [5.41, 5.74) is 5.09. The second kappa shape index (κ2) is 7.41. The molecule has 0 saturated heterocycles. The summed E-state index contributed by atoms with van der Waals surface area (Å²) in [5.74, 6) is 0.666. The van der Waals surface area contributed by atoms with Crippen LogP contribution in [0.25, 0.3) is 70.2 Å². The normalized spacial score (nSPS) is 11.9. The molecule has 8 aromatic rings. The number of hydrogen-bond donors (Lipinski definition) is 0. The molecule has 0 saturated carbocycles. The van der Waals surface area contributed by atoms with Crippen LogP contribution < -0.4 is 0 Å². The Labute approximate surface area is 209 Å². The molecule has 0 N–H and O–H groups in total. The van der Waals surface area contributed by atoms with Gasteiger partial charge in [-0.25, -0.2) is 19.9 Å². The van der Waals surface area contributed by atoms with Gasteiger partial charge in [0, 0.05) is 43.4 Å². The van der Waals surface area contributed by atoms with Crippen molar-refractivity contribution in [2.75, 3.05) is 0 Å². The number of thiophene rings is 1. The smallest absolute Gasteiger partial charge is 0.235 e. The minimum atomic E-state index is 0.666. The molecule has 36 heavy (non-hydrogen) atoms. The van der Waals surface area contributed by atoms with Crippen LogP contribution in [-0.2, 0) is 0 Å². The number of aromatic nitrogens is 5. The predicted molar refractivity (Wildman–Crippen MR) is 148 cm³/mol. The Morgan fingerprint density at radius 2 is 1.44 bits per heavy atom. The average Bonchev–Trinajstić information content (AvgIpc) is 3.46. The third kappa shape index (κ3) is 2.76. The van der Waals surface area contributed by atoms with Crippen LogP contribution in [0, 0.1) is 0 Å². The molecule has 6 heteroatoms. The summed E-state index contributed by atoms with van der Waals surface area (Å²) < 4.78 is 3.37. The molecule has 0 aliphatic heterocycles. The van der Waals surface area contributed by atoms with E-state index in [4.69, 9.17) is 9.97 Å². The third-order valence-corrected chi connectivity index (χ3v) is 7.86. The van der Waals surface area contributed by atoms with Crippen LogP contribution in [0.3, 0.4) is 0 Å². The van der Waals surface area contributed by atoms with Crippen molar-refractivity contribution in [2.45, 2.75) is 0 Å². The SMILES string of the molecule is c1ccc(-c2nc(-n3c4ccccc4c4cc5c(cc43)sc3ncncc35)nc3ccccc23)cc1. The van der Waals surface area contributed by atoms with Crippen LogP contribution in [0.1, 0.15) is 0 Å². The van der Waals surface area contributed by atoms with E-state index in [0.29, 0.717) is 5.95 Å². The molecule has 0 bridgehead atoms. The van der Waals surface area contributed by atoms with Crippen molar-refractivity contribution in [1.29, 1.82) is 0 Å². The molecule has 0 spiro atoms. The van der Waals surface area contributed by atoms with Crippen molar-refractivity contribution in [1.82, 2.24) is 24.5 Å². The highest BCUT2D eigenvalue weighted by Crippen LogP contribution is 2.39. The summed E-state index contributed by atoms with van der Waals surface area (Å²) >= 11 is 1.69. The summed E-state index contributed by atoms with van der Waals surface area (Å²) in [6, 6.07) is 31.5. The van der Waals surface area contributed by atoms with Crippen LogP contribution in [0.5, 0.6) is 0 Å². The van der Waals surface area contributed by atoms with Crippen molar-refractivity contribution in [2.24, 2.45) is 0 Å². The molecule has 4 aromatic heterocycles. The molecule has 0 aliphatic carbocycles. The van der Waals surface area contributed by atoms with E-state index in [0.717, 1.165) is 43.4 Å². The van der Waals surface area contributed by atoms with Gasteiger partial charge in [-0.15, -0.1) is 11.3 Å². The first kappa shape index (κ1) is 19.6. The molecule has 168 valence electrons. The first-order valence-corrected chi connectivity index (χ1v) is 12.5. The van der Waals surface area contributed by atoms with Gasteiger partial charge < -0.3 is 0 Å². The van der Waals surface area contributed by atoms with E-state index in [9.17, 15) is 0 Å². The maximum Gasteiger partial charge on any atom is 0.235 e. The molecular formula is C30H17N5S. The van der Waals surface area contributed by atoms with Gasteiger partial charge in [-0.3, -0.25) is 4.57 Å². The molecule has 0 radical (unpaired) electrons. The van der Waals surface area contributed by atoms with Gasteiger partial charge in [0.25, 0.3) is 0 Å². The number of fused-ring (bicyclic) bond motifs is 7. The van der Waals surface area contributed by atoms with Crippen LogP contribution >= 0.6 is 11.3 Å². The van der Waals surface area contributed by atoms with E-state index < -0.39 is 0 Å². The maximum absolute atomic E-state index is 5.17. The van der Waals surface area contributed by atoms with Gasteiger partial charge in [0.2, 0.25) is 5.95 Å². The minimum absolute atomic E-state index is 0.666. The zero-order valence-electron chi connectivity index (χ0n) is 19.0. The van der Waals surface area contributed by atoms with Gasteiger partial charge in [0.15, 0.2) is 0 Å². The number of benzene rings is 4. The topological polar surface area (TPSA) is 56.5 Å². The van der Waals surface area contributed by atoms with Gasteiger partial charge in [-0.2, -0.15) is 0 Å². The van der Waals surface area contributed by atoms with Crippen molar-refractivity contribution in [3.63, 3.8) is 0 Å². The Morgan fingerprint density at radius 3 is 2.36 bits per heavy atom. The van der Waals surface area contributed by atoms with Crippen molar-refractivity contribution >= 4 is 64.3 Å². The van der Waals surface area contributed by atoms with Gasteiger partial charge in [0.05, 0.1) is 22.2 Å². The standard InChI is InChI=1S/C30H17N5S/c1-2-8-18(9-3-1)28-20-11-4-6-12-24(20)33-30(34-28)35-25-13-7-5-10-19(25)21-14-22-23-16-31-17-32-29(23)36-27(22)15-26(21)35/h1-17H. The lowest BCUT2D eigenvalue weighted by molar-refractivity contribution is 1.01. The predicted octanol–water partition coefficient (Wildman–Crippen LogP) is 7.55. The lowest BCUT2D eigenvalue weighted by atomic mass is 10.1. The van der Waals surface area contributed by atoms with Gasteiger partial charge in [0.1, 0.15) is 11.2 Å². The fourth-order valence-corrected chi connectivity index (χ4v) is 6.21.